The Morgan fingerprint density at radius 3 is 2.48 bits per heavy atom. The van der Waals surface area contributed by atoms with Crippen molar-refractivity contribution in [1.82, 2.24) is 40.4 Å². The number of phenolic OH excluding ortho intramolecular Hbond substituents is 1. The lowest BCUT2D eigenvalue weighted by atomic mass is 9.83. The van der Waals surface area contributed by atoms with Gasteiger partial charge in [-0.25, -0.2) is 5.43 Å². The normalized spacial score (nSPS) is 22.6. The molecule has 4 aliphatic rings. The summed E-state index contributed by atoms with van der Waals surface area (Å²) in [5.41, 5.74) is 10.1. The number of benzene rings is 2. The smallest absolute Gasteiger partial charge is 0.324 e. The number of pyridine rings is 1. The van der Waals surface area contributed by atoms with E-state index in [-0.39, 0.29) is 55.0 Å². The van der Waals surface area contributed by atoms with Gasteiger partial charge in [0.05, 0.1) is 24.0 Å². The molecule has 2 aromatic carbocycles. The minimum absolute atomic E-state index is 0.0000674. The number of fused-ring (bicyclic) bond motifs is 6. The van der Waals surface area contributed by atoms with E-state index in [4.69, 9.17) is 9.72 Å². The maximum Gasteiger partial charge on any atom is 0.324 e. The van der Waals surface area contributed by atoms with Gasteiger partial charge in [-0.2, -0.15) is 0 Å². The van der Waals surface area contributed by atoms with E-state index in [0.717, 1.165) is 44.5 Å². The van der Waals surface area contributed by atoms with Gasteiger partial charge < -0.3 is 34.8 Å². The number of carbonyl (C=O) groups excluding carboxylic acids is 5. The number of carbonyl (C=O) groups is 5. The van der Waals surface area contributed by atoms with E-state index in [2.05, 4.69) is 73.4 Å². The fraction of sp³-hybridized carbons (Fsp3) is 0.520. The average Bonchev–Trinajstić information content (AvgIpc) is 4.07. The number of cyclic esters (lactones) is 1. The molecule has 6 bridgehead atoms. The molecule has 3 saturated heterocycles. The molecule has 5 atom stereocenters. The molecule has 3 fully saturated rings. The van der Waals surface area contributed by atoms with E-state index >= 15 is 0 Å². The Hall–Kier alpha value is -5.80. The van der Waals surface area contributed by atoms with Gasteiger partial charge in [0.1, 0.15) is 29.9 Å². The number of likely N-dealkylation sites (N-methyl/N-ethyl adjacent to an activating group) is 1. The summed E-state index contributed by atoms with van der Waals surface area (Å²) in [6.45, 7) is 16.5. The average molecular weight is 889 g/mol. The van der Waals surface area contributed by atoms with Crippen molar-refractivity contribution in [3.63, 3.8) is 0 Å². The van der Waals surface area contributed by atoms with Crippen LogP contribution in [-0.2, 0) is 48.1 Å². The van der Waals surface area contributed by atoms with Gasteiger partial charge in [-0.1, -0.05) is 53.7 Å². The highest BCUT2D eigenvalue weighted by Gasteiger charge is 2.46. The first-order valence-corrected chi connectivity index (χ1v) is 23.2. The van der Waals surface area contributed by atoms with Gasteiger partial charge in [0.25, 0.3) is 5.91 Å². The summed E-state index contributed by atoms with van der Waals surface area (Å²) in [6, 6.07) is 11.8. The molecule has 4 amide bonds. The minimum Gasteiger partial charge on any atom is -0.508 e. The quantitative estimate of drug-likeness (QED) is 0.133. The molecule has 0 unspecified atom stereocenters. The van der Waals surface area contributed by atoms with Crippen LogP contribution in [0.15, 0.2) is 54.7 Å². The fourth-order valence-corrected chi connectivity index (χ4v) is 9.99. The summed E-state index contributed by atoms with van der Waals surface area (Å²) in [5, 5.41) is 19.7. The summed E-state index contributed by atoms with van der Waals surface area (Å²) in [7, 11) is 1.57. The third-order valence-electron chi connectivity index (χ3n) is 13.4. The highest BCUT2D eigenvalue weighted by Crippen LogP contribution is 2.42. The number of aromatic nitrogens is 2. The van der Waals surface area contributed by atoms with E-state index in [9.17, 15) is 29.1 Å². The van der Waals surface area contributed by atoms with Crippen molar-refractivity contribution in [2.24, 2.45) is 11.3 Å². The lowest BCUT2D eigenvalue weighted by Gasteiger charge is -2.43. The first kappa shape index (κ1) is 45.8. The molecule has 4 N–H and O–H groups in total. The third-order valence-corrected chi connectivity index (χ3v) is 13.4. The molecule has 0 saturated carbocycles. The van der Waals surface area contributed by atoms with Crippen LogP contribution in [0.4, 0.5) is 0 Å². The Bertz CT molecular complexity index is 2510. The predicted octanol–water partition coefficient (Wildman–Crippen LogP) is 4.92. The molecule has 8 rings (SSSR count). The number of rotatable bonds is 9. The summed E-state index contributed by atoms with van der Waals surface area (Å²) in [6.07, 6.45) is 3.88. The monoisotopic (exact) mass is 888 g/mol. The molecule has 346 valence electrons. The maximum absolute atomic E-state index is 14.7. The third kappa shape index (κ3) is 9.22. The van der Waals surface area contributed by atoms with Gasteiger partial charge in [-0.05, 0) is 103 Å². The van der Waals surface area contributed by atoms with E-state index in [1.54, 1.807) is 24.1 Å². The highest BCUT2D eigenvalue weighted by atomic mass is 16.5. The molecule has 15 heteroatoms. The first-order valence-electron chi connectivity index (χ1n) is 23.2. The Kier molecular flexibility index (Phi) is 12.8. The molecule has 6 heterocycles. The standard InChI is InChI=1S/C50H64N8O7/c1-9-56-40-15-14-31-24-35(40)36(44(56)34-12-10-17-51-42(34)28(2)3)25-50(6,7)27-65-49(64)37-13-11-18-58(54-37)47(62)38(22-30-20-32(31)23-33(59)21-30)53-45(60)43(29(4)5)55(8)48(63)41-16-19-57(41)46(61)39-26-52-39/h10,12,14-15,17,20-21,23-24,28-29,37-39,41,43,52,54,59H,9,11,13,16,18-19,22,25-27H2,1-8H3,(H,53,60)/t37-,38-,39+,41+,43-/m0/s1. The maximum atomic E-state index is 14.7. The van der Waals surface area contributed by atoms with Crippen LogP contribution >= 0.6 is 0 Å². The number of amides is 4. The van der Waals surface area contributed by atoms with E-state index in [1.165, 1.54) is 9.91 Å². The highest BCUT2D eigenvalue weighted by molar-refractivity contribution is 5.97. The largest absolute Gasteiger partial charge is 0.508 e. The van der Waals surface area contributed by atoms with Crippen molar-refractivity contribution in [3.05, 3.63) is 71.5 Å². The van der Waals surface area contributed by atoms with Crippen LogP contribution in [0.5, 0.6) is 5.75 Å². The number of aryl methyl sites for hydroxylation is 1. The second-order valence-electron chi connectivity index (χ2n) is 19.7. The number of esters is 1. The number of aromatic hydroxyl groups is 1. The zero-order valence-electron chi connectivity index (χ0n) is 38.9. The molecule has 4 aliphatic heterocycles. The number of nitrogens with zero attached hydrogens (tertiary/aromatic N) is 5. The topological polar surface area (TPSA) is 188 Å². The number of hydrogen-bond acceptors (Lipinski definition) is 10. The Labute approximate surface area is 381 Å². The van der Waals surface area contributed by atoms with Crippen molar-refractivity contribution < 1.29 is 33.8 Å². The van der Waals surface area contributed by atoms with Crippen LogP contribution in [-0.4, -0.2) is 123 Å². The Balaban J connectivity index is 1.19. The minimum atomic E-state index is -1.16. The first-order chi connectivity index (χ1) is 31.0. The van der Waals surface area contributed by atoms with Crippen LogP contribution in [0, 0.1) is 11.3 Å². The van der Waals surface area contributed by atoms with Crippen LogP contribution in [0.1, 0.15) is 90.5 Å². The molecule has 15 nitrogen and oxygen atoms in total. The van der Waals surface area contributed by atoms with Crippen molar-refractivity contribution in [2.45, 2.75) is 123 Å². The zero-order chi connectivity index (χ0) is 46.5. The second kappa shape index (κ2) is 18.2. The van der Waals surface area contributed by atoms with Gasteiger partial charge in [-0.3, -0.25) is 34.0 Å². The number of hydrazine groups is 1. The summed E-state index contributed by atoms with van der Waals surface area (Å²) >= 11 is 0. The second-order valence-corrected chi connectivity index (χ2v) is 19.7. The van der Waals surface area contributed by atoms with Crippen LogP contribution in [0.2, 0.25) is 0 Å². The Morgan fingerprint density at radius 2 is 1.80 bits per heavy atom. The molecule has 0 spiro atoms. The molecular weight excluding hydrogens is 825 g/mol. The van der Waals surface area contributed by atoms with Gasteiger partial charge in [0, 0.05) is 67.7 Å². The van der Waals surface area contributed by atoms with Gasteiger partial charge in [-0.15, -0.1) is 0 Å². The number of nitrogens with one attached hydrogen (secondary N) is 3. The molecular formula is C50H64N8O7. The lowest BCUT2D eigenvalue weighted by molar-refractivity contribution is -0.156. The van der Waals surface area contributed by atoms with E-state index in [0.29, 0.717) is 50.9 Å². The Morgan fingerprint density at radius 1 is 1.03 bits per heavy atom. The van der Waals surface area contributed by atoms with Gasteiger partial charge in [0.15, 0.2) is 0 Å². The predicted molar refractivity (Wildman–Crippen MR) is 247 cm³/mol. The van der Waals surface area contributed by atoms with Crippen molar-refractivity contribution >= 4 is 40.5 Å². The number of likely N-dealkylation sites (tertiary alicyclic amines) is 1. The molecule has 0 radical (unpaired) electrons. The molecule has 4 aromatic rings. The summed E-state index contributed by atoms with van der Waals surface area (Å²) in [4.78, 5) is 77.7. The molecule has 2 aromatic heterocycles. The molecule has 0 aliphatic carbocycles. The van der Waals surface area contributed by atoms with Crippen molar-refractivity contribution in [3.8, 4) is 28.1 Å². The van der Waals surface area contributed by atoms with Crippen LogP contribution in [0.3, 0.4) is 0 Å². The van der Waals surface area contributed by atoms with E-state index in [1.807, 2.05) is 38.2 Å². The van der Waals surface area contributed by atoms with Crippen LogP contribution < -0.4 is 16.1 Å². The summed E-state index contributed by atoms with van der Waals surface area (Å²) < 4.78 is 8.44. The SMILES string of the molecule is CCn1c(-c2cccnc2C(C)C)c2c3cc(ccc31)-c1cc(O)cc(c1)C[C@H](NC(=O)[C@H](C(C)C)N(C)C(=O)[C@H]1CCN1C(=O)[C@H]1CN1)C(=O)N1CCC[C@H](N1)C(=O)OCC(C)(C)C2. The molecule has 65 heavy (non-hydrogen) atoms. The van der Waals surface area contributed by atoms with Crippen molar-refractivity contribution in [1.29, 1.82) is 0 Å². The van der Waals surface area contributed by atoms with Gasteiger partial charge >= 0.3 is 5.97 Å². The fourth-order valence-electron chi connectivity index (χ4n) is 9.99. The van der Waals surface area contributed by atoms with Crippen LogP contribution in [0.25, 0.3) is 33.3 Å². The van der Waals surface area contributed by atoms with Crippen molar-refractivity contribution in [2.75, 3.05) is 33.3 Å². The number of phenols is 1. The van der Waals surface area contributed by atoms with Gasteiger partial charge in [0.2, 0.25) is 17.7 Å². The number of hydrogen-bond donors (Lipinski definition) is 4. The summed E-state index contributed by atoms with van der Waals surface area (Å²) in [5.74, 6) is -2.11. The number of ether oxygens (including phenoxy) is 1. The zero-order valence-corrected chi connectivity index (χ0v) is 38.9. The lowest BCUT2D eigenvalue weighted by Crippen LogP contribution is -2.64. The van der Waals surface area contributed by atoms with E-state index < -0.39 is 47.4 Å².